The standard InChI is InChI=1S/C16H27N3/c1-4-17-15(16-13-7-6-8-14(13)16)10-12-9-11(3)18-19(12)5-2/h9,13-17H,4-8,10H2,1-3H3. The van der Waals surface area contributed by atoms with Gasteiger partial charge in [0.25, 0.3) is 0 Å². The van der Waals surface area contributed by atoms with Crippen LogP contribution in [0.1, 0.15) is 44.5 Å². The monoisotopic (exact) mass is 261 g/mol. The smallest absolute Gasteiger partial charge is 0.0596 e. The molecule has 0 spiro atoms. The lowest BCUT2D eigenvalue weighted by Crippen LogP contribution is -2.35. The molecule has 3 atom stereocenters. The van der Waals surface area contributed by atoms with Crippen molar-refractivity contribution in [2.45, 2.75) is 59.0 Å². The summed E-state index contributed by atoms with van der Waals surface area (Å²) in [4.78, 5) is 0. The molecule has 2 aliphatic rings. The normalized spacial score (nSPS) is 30.4. The molecule has 0 amide bonds. The first-order valence-electron chi connectivity index (χ1n) is 8.01. The van der Waals surface area contributed by atoms with Crippen molar-refractivity contribution in [3.05, 3.63) is 17.5 Å². The highest BCUT2D eigenvalue weighted by Gasteiger charge is 2.55. The van der Waals surface area contributed by atoms with Gasteiger partial charge in [-0.3, -0.25) is 4.68 Å². The first-order valence-corrected chi connectivity index (χ1v) is 8.01. The van der Waals surface area contributed by atoms with Crippen LogP contribution >= 0.6 is 0 Å². The molecule has 106 valence electrons. The molecule has 2 saturated carbocycles. The number of rotatable bonds is 6. The molecule has 2 fully saturated rings. The molecule has 2 aliphatic carbocycles. The molecule has 19 heavy (non-hydrogen) atoms. The van der Waals surface area contributed by atoms with Crippen LogP contribution in [0.15, 0.2) is 6.07 Å². The van der Waals surface area contributed by atoms with Crippen LogP contribution in [0.3, 0.4) is 0 Å². The average Bonchev–Trinajstić information content (AvgIpc) is 2.75. The highest BCUT2D eigenvalue weighted by molar-refractivity contribution is 5.14. The van der Waals surface area contributed by atoms with Crippen molar-refractivity contribution in [1.82, 2.24) is 15.1 Å². The molecule has 3 unspecified atom stereocenters. The molecule has 0 aromatic carbocycles. The Bertz CT molecular complexity index is 427. The minimum Gasteiger partial charge on any atom is -0.314 e. The van der Waals surface area contributed by atoms with Gasteiger partial charge < -0.3 is 5.32 Å². The fraction of sp³-hybridized carbons (Fsp3) is 0.812. The van der Waals surface area contributed by atoms with Gasteiger partial charge in [-0.25, -0.2) is 0 Å². The molecule has 0 aliphatic heterocycles. The van der Waals surface area contributed by atoms with E-state index in [2.05, 4.69) is 41.9 Å². The zero-order valence-electron chi connectivity index (χ0n) is 12.5. The lowest BCUT2D eigenvalue weighted by Gasteiger charge is -2.20. The SMILES string of the molecule is CCNC(Cc1cc(C)nn1CC)C1C2CCCC21. The van der Waals surface area contributed by atoms with E-state index < -0.39 is 0 Å². The molecule has 1 aromatic rings. The molecule has 1 aromatic heterocycles. The number of fused-ring (bicyclic) bond motifs is 1. The maximum Gasteiger partial charge on any atom is 0.0596 e. The van der Waals surface area contributed by atoms with Crippen LogP contribution in [0, 0.1) is 24.7 Å². The van der Waals surface area contributed by atoms with E-state index in [0.717, 1.165) is 43.0 Å². The predicted octanol–water partition coefficient (Wildman–Crippen LogP) is 2.78. The Balaban J connectivity index is 1.70. The van der Waals surface area contributed by atoms with Crippen molar-refractivity contribution in [2.24, 2.45) is 17.8 Å². The fourth-order valence-electron chi connectivity index (χ4n) is 4.34. The van der Waals surface area contributed by atoms with Crippen LogP contribution in [0.4, 0.5) is 0 Å². The van der Waals surface area contributed by atoms with E-state index in [1.165, 1.54) is 25.0 Å². The summed E-state index contributed by atoms with van der Waals surface area (Å²) in [6.07, 6.45) is 5.57. The summed E-state index contributed by atoms with van der Waals surface area (Å²) in [5.74, 6) is 3.00. The molecular weight excluding hydrogens is 234 g/mol. The van der Waals surface area contributed by atoms with E-state index in [1.807, 2.05) is 0 Å². The molecule has 1 heterocycles. The van der Waals surface area contributed by atoms with Gasteiger partial charge in [0.05, 0.1) is 5.69 Å². The van der Waals surface area contributed by atoms with Crippen molar-refractivity contribution < 1.29 is 0 Å². The molecule has 0 radical (unpaired) electrons. The maximum atomic E-state index is 4.58. The third-order valence-electron chi connectivity index (χ3n) is 5.12. The van der Waals surface area contributed by atoms with Gasteiger partial charge in [0.1, 0.15) is 0 Å². The van der Waals surface area contributed by atoms with Gasteiger partial charge in [-0.15, -0.1) is 0 Å². The molecule has 3 nitrogen and oxygen atoms in total. The van der Waals surface area contributed by atoms with Crippen LogP contribution in [-0.4, -0.2) is 22.4 Å². The van der Waals surface area contributed by atoms with Crippen molar-refractivity contribution in [3.8, 4) is 0 Å². The Morgan fingerprint density at radius 2 is 2.11 bits per heavy atom. The van der Waals surface area contributed by atoms with Crippen LogP contribution in [0.25, 0.3) is 0 Å². The minimum absolute atomic E-state index is 0.668. The summed E-state index contributed by atoms with van der Waals surface area (Å²) >= 11 is 0. The molecular formula is C16H27N3. The van der Waals surface area contributed by atoms with Crippen molar-refractivity contribution in [2.75, 3.05) is 6.54 Å². The number of likely N-dealkylation sites (N-methyl/N-ethyl adjacent to an activating group) is 1. The van der Waals surface area contributed by atoms with Crippen LogP contribution < -0.4 is 5.32 Å². The summed E-state index contributed by atoms with van der Waals surface area (Å²) in [5.41, 5.74) is 2.57. The maximum absolute atomic E-state index is 4.58. The van der Waals surface area contributed by atoms with E-state index in [9.17, 15) is 0 Å². The number of hydrogen-bond acceptors (Lipinski definition) is 2. The van der Waals surface area contributed by atoms with Crippen molar-refractivity contribution in [3.63, 3.8) is 0 Å². The fourth-order valence-corrected chi connectivity index (χ4v) is 4.34. The van der Waals surface area contributed by atoms with E-state index in [0.29, 0.717) is 6.04 Å². The predicted molar refractivity (Wildman–Crippen MR) is 78.1 cm³/mol. The molecule has 3 heteroatoms. The van der Waals surface area contributed by atoms with E-state index in [4.69, 9.17) is 0 Å². The van der Waals surface area contributed by atoms with Gasteiger partial charge in [0.15, 0.2) is 0 Å². The van der Waals surface area contributed by atoms with Gasteiger partial charge in [0, 0.05) is 24.7 Å². The lowest BCUT2D eigenvalue weighted by molar-refractivity contribution is 0.401. The van der Waals surface area contributed by atoms with E-state index in [1.54, 1.807) is 0 Å². The molecule has 0 bridgehead atoms. The van der Waals surface area contributed by atoms with Crippen LogP contribution in [0.2, 0.25) is 0 Å². The first kappa shape index (κ1) is 13.2. The summed E-state index contributed by atoms with van der Waals surface area (Å²) < 4.78 is 2.18. The summed E-state index contributed by atoms with van der Waals surface area (Å²) in [6, 6.07) is 2.94. The van der Waals surface area contributed by atoms with Crippen molar-refractivity contribution >= 4 is 0 Å². The zero-order valence-corrected chi connectivity index (χ0v) is 12.5. The minimum atomic E-state index is 0.668. The Kier molecular flexibility index (Phi) is 3.66. The third-order valence-corrected chi connectivity index (χ3v) is 5.12. The highest BCUT2D eigenvalue weighted by Crippen LogP contribution is 2.59. The number of nitrogens with one attached hydrogen (secondary N) is 1. The number of nitrogens with zero attached hydrogens (tertiary/aromatic N) is 2. The highest BCUT2D eigenvalue weighted by atomic mass is 15.3. The Hall–Kier alpha value is -0.830. The number of hydrogen-bond donors (Lipinski definition) is 1. The quantitative estimate of drug-likeness (QED) is 0.853. The van der Waals surface area contributed by atoms with E-state index in [-0.39, 0.29) is 0 Å². The second-order valence-electron chi connectivity index (χ2n) is 6.30. The second kappa shape index (κ2) is 5.28. The Morgan fingerprint density at radius 3 is 2.74 bits per heavy atom. The molecule has 0 saturated heterocycles. The van der Waals surface area contributed by atoms with Gasteiger partial charge in [-0.2, -0.15) is 5.10 Å². The largest absolute Gasteiger partial charge is 0.314 e. The first-order chi connectivity index (χ1) is 9.24. The van der Waals surface area contributed by atoms with Gasteiger partial charge in [-0.1, -0.05) is 13.3 Å². The summed E-state index contributed by atoms with van der Waals surface area (Å²) in [7, 11) is 0. The molecule has 3 rings (SSSR count). The van der Waals surface area contributed by atoms with Gasteiger partial charge in [0.2, 0.25) is 0 Å². The van der Waals surface area contributed by atoms with Crippen LogP contribution in [-0.2, 0) is 13.0 Å². The Morgan fingerprint density at radius 1 is 1.37 bits per heavy atom. The van der Waals surface area contributed by atoms with E-state index >= 15 is 0 Å². The van der Waals surface area contributed by atoms with Crippen LogP contribution in [0.5, 0.6) is 0 Å². The van der Waals surface area contributed by atoms with Gasteiger partial charge >= 0.3 is 0 Å². The zero-order chi connectivity index (χ0) is 13.4. The Labute approximate surface area is 116 Å². The lowest BCUT2D eigenvalue weighted by atomic mass is 9.99. The summed E-state index contributed by atoms with van der Waals surface area (Å²) in [6.45, 7) is 8.58. The number of aromatic nitrogens is 2. The summed E-state index contributed by atoms with van der Waals surface area (Å²) in [5, 5.41) is 8.32. The van der Waals surface area contributed by atoms with Gasteiger partial charge in [-0.05, 0) is 57.1 Å². The third kappa shape index (κ3) is 2.45. The van der Waals surface area contributed by atoms with Crippen molar-refractivity contribution in [1.29, 1.82) is 0 Å². The second-order valence-corrected chi connectivity index (χ2v) is 6.30. The number of aryl methyl sites for hydroxylation is 2. The average molecular weight is 261 g/mol. The molecule has 1 N–H and O–H groups in total. The topological polar surface area (TPSA) is 29.9 Å².